The van der Waals surface area contributed by atoms with Gasteiger partial charge < -0.3 is 15.2 Å². The fourth-order valence-electron chi connectivity index (χ4n) is 3.86. The van der Waals surface area contributed by atoms with E-state index in [1.165, 1.54) is 38.8 Å². The van der Waals surface area contributed by atoms with Crippen molar-refractivity contribution >= 4 is 0 Å². The topological polar surface area (TPSA) is 51.0 Å². The first kappa shape index (κ1) is 17.2. The van der Waals surface area contributed by atoms with E-state index in [0.717, 1.165) is 25.6 Å². The number of nitrogens with two attached hydrogens (primary N) is 1. The molecule has 0 aromatic carbocycles. The molecule has 1 saturated heterocycles. The minimum absolute atomic E-state index is 0.0432. The first-order valence-corrected chi connectivity index (χ1v) is 8.37. The molecule has 5 heteroatoms. The number of ether oxygens (including phenoxy) is 2. The van der Waals surface area contributed by atoms with Gasteiger partial charge in [-0.05, 0) is 19.8 Å². The van der Waals surface area contributed by atoms with E-state index in [9.17, 15) is 0 Å². The van der Waals surface area contributed by atoms with Crippen LogP contribution in [0.5, 0.6) is 0 Å². The zero-order valence-electron chi connectivity index (χ0n) is 14.0. The largest absolute Gasteiger partial charge is 0.356 e. The number of methoxy groups -OCH3 is 2. The Morgan fingerprint density at radius 2 is 1.67 bits per heavy atom. The SMILES string of the molecule is COC(CC(C)(CN)N1CCN(C2CCCC2)CC1)OC. The van der Waals surface area contributed by atoms with E-state index in [2.05, 4.69) is 16.7 Å². The van der Waals surface area contributed by atoms with E-state index in [4.69, 9.17) is 15.2 Å². The van der Waals surface area contributed by atoms with Crippen LogP contribution in [0.3, 0.4) is 0 Å². The smallest absolute Gasteiger partial charge is 0.158 e. The Kier molecular flexibility index (Phi) is 6.44. The van der Waals surface area contributed by atoms with Gasteiger partial charge in [-0.3, -0.25) is 9.80 Å². The van der Waals surface area contributed by atoms with Gasteiger partial charge in [0.2, 0.25) is 0 Å². The highest BCUT2D eigenvalue weighted by molar-refractivity contribution is 4.92. The van der Waals surface area contributed by atoms with Crippen molar-refractivity contribution in [2.24, 2.45) is 5.73 Å². The Bertz CT molecular complexity index is 298. The fourth-order valence-corrected chi connectivity index (χ4v) is 3.86. The monoisotopic (exact) mass is 299 g/mol. The summed E-state index contributed by atoms with van der Waals surface area (Å²) in [4.78, 5) is 5.22. The van der Waals surface area contributed by atoms with Crippen LogP contribution in [-0.2, 0) is 9.47 Å². The van der Waals surface area contributed by atoms with Gasteiger partial charge in [0.1, 0.15) is 0 Å². The molecule has 0 radical (unpaired) electrons. The van der Waals surface area contributed by atoms with Crippen LogP contribution in [0.25, 0.3) is 0 Å². The first-order chi connectivity index (χ1) is 10.1. The zero-order valence-corrected chi connectivity index (χ0v) is 14.0. The summed E-state index contributed by atoms with van der Waals surface area (Å²) in [6.07, 6.45) is 6.25. The van der Waals surface area contributed by atoms with Crippen molar-refractivity contribution in [2.75, 3.05) is 46.9 Å². The molecule has 1 heterocycles. The van der Waals surface area contributed by atoms with E-state index in [-0.39, 0.29) is 11.8 Å². The minimum atomic E-state index is -0.175. The molecule has 1 unspecified atom stereocenters. The highest BCUT2D eigenvalue weighted by Gasteiger charge is 2.36. The molecule has 0 aromatic heterocycles. The summed E-state index contributed by atoms with van der Waals surface area (Å²) in [5.41, 5.74) is 6.04. The quantitative estimate of drug-likeness (QED) is 0.718. The molecule has 1 atom stereocenters. The van der Waals surface area contributed by atoms with Crippen LogP contribution < -0.4 is 5.73 Å². The average molecular weight is 299 g/mol. The standard InChI is InChI=1S/C16H33N3O2/c1-16(13-17,12-15(20-2)21-3)19-10-8-18(9-11-19)14-6-4-5-7-14/h14-15H,4-13,17H2,1-3H3. The molecule has 1 saturated carbocycles. The Morgan fingerprint density at radius 3 is 2.14 bits per heavy atom. The highest BCUT2D eigenvalue weighted by Crippen LogP contribution is 2.27. The number of piperazine rings is 1. The van der Waals surface area contributed by atoms with Crippen LogP contribution in [0.1, 0.15) is 39.0 Å². The molecule has 21 heavy (non-hydrogen) atoms. The molecule has 0 aromatic rings. The summed E-state index contributed by atoms with van der Waals surface area (Å²) >= 11 is 0. The summed E-state index contributed by atoms with van der Waals surface area (Å²) in [5, 5.41) is 0. The normalized spacial score (nSPS) is 25.6. The number of hydrogen-bond acceptors (Lipinski definition) is 5. The second kappa shape index (κ2) is 7.88. The van der Waals surface area contributed by atoms with Gasteiger partial charge in [-0.2, -0.15) is 0 Å². The van der Waals surface area contributed by atoms with E-state index in [1.54, 1.807) is 14.2 Å². The first-order valence-electron chi connectivity index (χ1n) is 8.37. The van der Waals surface area contributed by atoms with Crippen LogP contribution in [0.15, 0.2) is 0 Å². The summed E-state index contributed by atoms with van der Waals surface area (Å²) in [6, 6.07) is 0.835. The molecule has 0 spiro atoms. The summed E-state index contributed by atoms with van der Waals surface area (Å²) in [7, 11) is 3.40. The summed E-state index contributed by atoms with van der Waals surface area (Å²) in [5.74, 6) is 0. The average Bonchev–Trinajstić information content (AvgIpc) is 3.07. The van der Waals surface area contributed by atoms with Gasteiger partial charge in [-0.1, -0.05) is 12.8 Å². The lowest BCUT2D eigenvalue weighted by molar-refractivity contribution is -0.131. The minimum Gasteiger partial charge on any atom is -0.356 e. The van der Waals surface area contributed by atoms with Crippen LogP contribution in [0.4, 0.5) is 0 Å². The molecule has 1 aliphatic carbocycles. The van der Waals surface area contributed by atoms with Crippen LogP contribution in [-0.4, -0.2) is 74.6 Å². The van der Waals surface area contributed by atoms with Crippen molar-refractivity contribution in [3.8, 4) is 0 Å². The molecular formula is C16H33N3O2. The second-order valence-corrected chi connectivity index (χ2v) is 6.77. The third-order valence-electron chi connectivity index (χ3n) is 5.49. The van der Waals surface area contributed by atoms with E-state index in [1.807, 2.05) is 0 Å². The van der Waals surface area contributed by atoms with Crippen molar-refractivity contribution in [3.63, 3.8) is 0 Å². The zero-order chi connectivity index (χ0) is 15.3. The highest BCUT2D eigenvalue weighted by atomic mass is 16.7. The Hall–Kier alpha value is -0.200. The van der Waals surface area contributed by atoms with Gasteiger partial charge in [0, 0.05) is 64.9 Å². The van der Waals surface area contributed by atoms with Crippen molar-refractivity contribution in [1.29, 1.82) is 0 Å². The lowest BCUT2D eigenvalue weighted by Crippen LogP contribution is -2.60. The van der Waals surface area contributed by atoms with E-state index >= 15 is 0 Å². The third kappa shape index (κ3) is 4.17. The molecule has 124 valence electrons. The van der Waals surface area contributed by atoms with Crippen LogP contribution >= 0.6 is 0 Å². The maximum atomic E-state index is 6.09. The Morgan fingerprint density at radius 1 is 1.10 bits per heavy atom. The van der Waals surface area contributed by atoms with Gasteiger partial charge in [0.25, 0.3) is 0 Å². The van der Waals surface area contributed by atoms with Crippen molar-refractivity contribution in [1.82, 2.24) is 9.80 Å². The third-order valence-corrected chi connectivity index (χ3v) is 5.49. The van der Waals surface area contributed by atoms with Crippen LogP contribution in [0.2, 0.25) is 0 Å². The van der Waals surface area contributed by atoms with Gasteiger partial charge in [-0.25, -0.2) is 0 Å². The predicted molar refractivity (Wildman–Crippen MR) is 85.3 cm³/mol. The summed E-state index contributed by atoms with van der Waals surface area (Å²) < 4.78 is 10.8. The summed E-state index contributed by atoms with van der Waals surface area (Å²) in [6.45, 7) is 7.42. The second-order valence-electron chi connectivity index (χ2n) is 6.77. The lowest BCUT2D eigenvalue weighted by Gasteiger charge is -2.47. The molecule has 2 aliphatic rings. The molecule has 5 nitrogen and oxygen atoms in total. The number of rotatable bonds is 7. The van der Waals surface area contributed by atoms with Crippen molar-refractivity contribution < 1.29 is 9.47 Å². The molecule has 1 aliphatic heterocycles. The van der Waals surface area contributed by atoms with Gasteiger partial charge >= 0.3 is 0 Å². The van der Waals surface area contributed by atoms with Crippen LogP contribution in [0, 0.1) is 0 Å². The van der Waals surface area contributed by atoms with Gasteiger partial charge in [0.15, 0.2) is 6.29 Å². The number of nitrogens with zero attached hydrogens (tertiary/aromatic N) is 2. The fraction of sp³-hybridized carbons (Fsp3) is 1.00. The maximum Gasteiger partial charge on any atom is 0.158 e. The Labute approximate surface area is 129 Å². The van der Waals surface area contributed by atoms with Crippen molar-refractivity contribution in [3.05, 3.63) is 0 Å². The van der Waals surface area contributed by atoms with E-state index in [0.29, 0.717) is 6.54 Å². The Balaban J connectivity index is 1.88. The maximum absolute atomic E-state index is 6.09. The molecule has 2 fully saturated rings. The van der Waals surface area contributed by atoms with E-state index < -0.39 is 0 Å². The van der Waals surface area contributed by atoms with Gasteiger partial charge in [-0.15, -0.1) is 0 Å². The number of hydrogen-bond donors (Lipinski definition) is 1. The van der Waals surface area contributed by atoms with Crippen molar-refractivity contribution in [2.45, 2.75) is 56.9 Å². The van der Waals surface area contributed by atoms with Gasteiger partial charge in [0.05, 0.1) is 0 Å². The lowest BCUT2D eigenvalue weighted by atomic mass is 9.93. The molecule has 2 N–H and O–H groups in total. The molecule has 0 amide bonds. The molecular weight excluding hydrogens is 266 g/mol. The predicted octanol–water partition coefficient (Wildman–Crippen LogP) is 1.27. The molecule has 0 bridgehead atoms. The molecule has 2 rings (SSSR count).